The summed E-state index contributed by atoms with van der Waals surface area (Å²) in [5, 5.41) is 8.96. The fraction of sp³-hybridized carbons (Fsp3) is 0.526. The Kier molecular flexibility index (Phi) is 23.9. The van der Waals surface area contributed by atoms with E-state index in [1.54, 1.807) is 10.6 Å². The molecule has 4 rings (SSSR count). The van der Waals surface area contributed by atoms with Gasteiger partial charge in [0.15, 0.2) is 0 Å². The average Bonchev–Trinajstić information content (AvgIpc) is 3.56. The molecule has 43 heavy (non-hydrogen) atoms. The zero-order valence-corrected chi connectivity index (χ0v) is 32.6. The Labute approximate surface area is 294 Å². The van der Waals surface area contributed by atoms with Crippen LogP contribution >= 0.6 is 15.8 Å². The van der Waals surface area contributed by atoms with Crippen LogP contribution in [0.4, 0.5) is 0 Å². The minimum atomic E-state index is 0. The Bertz CT molecular complexity index is 1140. The number of unbranched alkanes of at least 4 members (excludes halogenated alkanes) is 6. The van der Waals surface area contributed by atoms with Crippen molar-refractivity contribution in [2.45, 2.75) is 92.9 Å². The van der Waals surface area contributed by atoms with Crippen LogP contribution in [0.15, 0.2) is 72.8 Å². The number of fused-ring (bicyclic) bond motifs is 2. The van der Waals surface area contributed by atoms with Crippen molar-refractivity contribution in [3.8, 4) is 0 Å². The van der Waals surface area contributed by atoms with Crippen molar-refractivity contribution in [2.24, 2.45) is 11.8 Å². The van der Waals surface area contributed by atoms with Crippen LogP contribution in [0.1, 0.15) is 92.9 Å². The third-order valence-corrected chi connectivity index (χ3v) is 13.7. The first-order valence-electron chi connectivity index (χ1n) is 16.2. The first-order chi connectivity index (χ1) is 19.4. The van der Waals surface area contributed by atoms with Crippen molar-refractivity contribution in [1.29, 1.82) is 0 Å². The third-order valence-electron chi connectivity index (χ3n) is 7.67. The average molecular weight is 694 g/mol. The van der Waals surface area contributed by atoms with Gasteiger partial charge in [-0.05, 0) is 49.3 Å². The van der Waals surface area contributed by atoms with Crippen molar-refractivity contribution in [1.82, 2.24) is 0 Å². The molecule has 0 heterocycles. The SMILES string of the molecule is CC(C)CP(CC(C)C)c1cc2ccccc2[cH-]1.CCCCCCP(CCCCCC)c1cc2ccccc2[cH-]1.[Cl-].[Cl-].[Ti+4]. The van der Waals surface area contributed by atoms with Gasteiger partial charge in [0.25, 0.3) is 0 Å². The van der Waals surface area contributed by atoms with E-state index in [2.05, 4.69) is 114 Å². The van der Waals surface area contributed by atoms with Crippen LogP contribution in [0.5, 0.6) is 0 Å². The molecule has 0 fully saturated rings. The summed E-state index contributed by atoms with van der Waals surface area (Å²) in [5.41, 5.74) is 0. The quantitative estimate of drug-likeness (QED) is 0.0602. The number of hydrogen-bond donors (Lipinski definition) is 0. The number of halogens is 2. The zero-order chi connectivity index (χ0) is 28.7. The summed E-state index contributed by atoms with van der Waals surface area (Å²) in [6.45, 7) is 14.0. The standard InChI is InChI=1S/C21H32P.C17H24P.2ClH.Ti/c1-3-5-7-11-15-22(16-12-8-6-4-2)21-17-19-13-9-10-14-20(19)18-21;1-13(2)11-18(12-14(3)4)17-9-15-7-5-6-8-16(15)10-17;;;/h9-10,13-14,17-18H,3-8,11-12,15-16H2,1-2H3;5-10,13-14H,11-12H2,1-4H3;2*1H;/q2*-1;;;+4/p-2. The summed E-state index contributed by atoms with van der Waals surface area (Å²) in [6.07, 6.45) is 16.8. The maximum absolute atomic E-state index is 2.47. The summed E-state index contributed by atoms with van der Waals surface area (Å²) in [6, 6.07) is 27.4. The van der Waals surface area contributed by atoms with Crippen LogP contribution in [0.25, 0.3) is 21.5 Å². The zero-order valence-electron chi connectivity index (χ0n) is 27.7. The molecule has 0 aromatic heterocycles. The predicted octanol–water partition coefficient (Wildman–Crippen LogP) is 5.81. The second kappa shape index (κ2) is 24.1. The van der Waals surface area contributed by atoms with Gasteiger partial charge in [0, 0.05) is 0 Å². The van der Waals surface area contributed by atoms with Crippen molar-refractivity contribution < 1.29 is 46.5 Å². The largest absolute Gasteiger partial charge is 4.00 e. The number of benzene rings is 2. The van der Waals surface area contributed by atoms with Crippen molar-refractivity contribution in [3.63, 3.8) is 0 Å². The fourth-order valence-electron chi connectivity index (χ4n) is 5.63. The van der Waals surface area contributed by atoms with Crippen LogP contribution in [0.3, 0.4) is 0 Å². The molecule has 0 saturated heterocycles. The van der Waals surface area contributed by atoms with Gasteiger partial charge in [0.2, 0.25) is 0 Å². The van der Waals surface area contributed by atoms with E-state index in [4.69, 9.17) is 0 Å². The predicted molar refractivity (Wildman–Crippen MR) is 190 cm³/mol. The molecule has 4 aromatic rings. The number of rotatable bonds is 16. The van der Waals surface area contributed by atoms with E-state index in [-0.39, 0.29) is 62.4 Å². The normalized spacial score (nSPS) is 11.0. The van der Waals surface area contributed by atoms with E-state index in [1.807, 2.05) is 0 Å². The molecule has 4 aromatic carbocycles. The molecule has 5 heteroatoms. The van der Waals surface area contributed by atoms with Crippen molar-refractivity contribution in [2.75, 3.05) is 24.6 Å². The molecular formula is C38H56Cl2P2Ti. The maximum Gasteiger partial charge on any atom is 4.00 e. The maximum atomic E-state index is 2.47. The molecule has 0 saturated carbocycles. The second-order valence-electron chi connectivity index (χ2n) is 12.5. The minimum absolute atomic E-state index is 0. The monoisotopic (exact) mass is 692 g/mol. The van der Waals surface area contributed by atoms with Crippen LogP contribution in [0.2, 0.25) is 0 Å². The van der Waals surface area contributed by atoms with Crippen LogP contribution in [-0.2, 0) is 21.7 Å². The molecule has 0 amide bonds. The summed E-state index contributed by atoms with van der Waals surface area (Å²) in [5.74, 6) is 1.60. The molecular weight excluding hydrogens is 637 g/mol. The van der Waals surface area contributed by atoms with Gasteiger partial charge < -0.3 is 24.8 Å². The van der Waals surface area contributed by atoms with Crippen LogP contribution in [-0.4, -0.2) is 24.6 Å². The van der Waals surface area contributed by atoms with E-state index in [0.29, 0.717) is 0 Å². The Morgan fingerprint density at radius 2 is 0.953 bits per heavy atom. The first kappa shape index (κ1) is 42.8. The second-order valence-corrected chi connectivity index (χ2v) is 17.3. The van der Waals surface area contributed by atoms with Gasteiger partial charge in [0.1, 0.15) is 0 Å². The molecule has 0 aliphatic carbocycles. The number of hydrogen-bond acceptors (Lipinski definition) is 0. The van der Waals surface area contributed by atoms with Crippen molar-refractivity contribution in [3.05, 3.63) is 72.8 Å². The molecule has 0 radical (unpaired) electrons. The molecule has 0 atom stereocenters. The summed E-state index contributed by atoms with van der Waals surface area (Å²) in [4.78, 5) is 0. The van der Waals surface area contributed by atoms with Gasteiger partial charge >= 0.3 is 21.7 Å². The van der Waals surface area contributed by atoms with Crippen LogP contribution in [0, 0.1) is 11.8 Å². The van der Waals surface area contributed by atoms with E-state index in [9.17, 15) is 0 Å². The van der Waals surface area contributed by atoms with Gasteiger partial charge in [-0.15, -0.1) is 80.7 Å². The Balaban J connectivity index is 0.000000779. The van der Waals surface area contributed by atoms with Gasteiger partial charge in [0.05, 0.1) is 0 Å². The van der Waals surface area contributed by atoms with Crippen LogP contribution < -0.4 is 35.4 Å². The molecule has 0 nitrogen and oxygen atoms in total. The molecule has 0 N–H and O–H groups in total. The topological polar surface area (TPSA) is 0 Å². The smallest absolute Gasteiger partial charge is 1.00 e. The van der Waals surface area contributed by atoms with E-state index in [1.165, 1.54) is 97.6 Å². The molecule has 0 spiro atoms. The van der Waals surface area contributed by atoms with E-state index in [0.717, 1.165) is 11.8 Å². The van der Waals surface area contributed by atoms with E-state index >= 15 is 0 Å². The third kappa shape index (κ3) is 15.3. The summed E-state index contributed by atoms with van der Waals surface area (Å²) >= 11 is 0. The van der Waals surface area contributed by atoms with Gasteiger partial charge in [-0.1, -0.05) is 108 Å². The van der Waals surface area contributed by atoms with Gasteiger partial charge in [-0.2, -0.15) is 12.1 Å². The fourth-order valence-corrected chi connectivity index (χ4v) is 11.2. The molecule has 0 aliphatic rings. The van der Waals surface area contributed by atoms with Gasteiger partial charge in [-0.3, -0.25) is 0 Å². The van der Waals surface area contributed by atoms with Gasteiger partial charge in [-0.25, -0.2) is 0 Å². The molecule has 0 unspecified atom stereocenters. The first-order valence-corrected chi connectivity index (χ1v) is 19.6. The molecule has 236 valence electrons. The van der Waals surface area contributed by atoms with E-state index < -0.39 is 0 Å². The molecule has 0 aliphatic heterocycles. The molecule has 0 bridgehead atoms. The Hall–Kier alpha value is -0.186. The minimum Gasteiger partial charge on any atom is -1.00 e. The Morgan fingerprint density at radius 1 is 0.558 bits per heavy atom. The summed E-state index contributed by atoms with van der Waals surface area (Å²) < 4.78 is 0. The summed E-state index contributed by atoms with van der Waals surface area (Å²) in [7, 11) is 0.0827. The Morgan fingerprint density at radius 3 is 1.33 bits per heavy atom. The van der Waals surface area contributed by atoms with Crippen molar-refractivity contribution >= 4 is 48.0 Å².